The van der Waals surface area contributed by atoms with E-state index in [0.29, 0.717) is 12.1 Å². The minimum Gasteiger partial charge on any atom is -0.308 e. The fourth-order valence-electron chi connectivity index (χ4n) is 3.35. The summed E-state index contributed by atoms with van der Waals surface area (Å²) in [5.41, 5.74) is 2.85. The van der Waals surface area contributed by atoms with Crippen LogP contribution in [-0.2, 0) is 17.8 Å². The zero-order valence-corrected chi connectivity index (χ0v) is 14.2. The van der Waals surface area contributed by atoms with Crippen LogP contribution in [0.2, 0.25) is 0 Å². The molecule has 2 aromatic rings. The number of nitrogens with zero attached hydrogens (tertiary/aromatic N) is 2. The Morgan fingerprint density at radius 1 is 1.21 bits per heavy atom. The molecule has 24 heavy (non-hydrogen) atoms. The highest BCUT2D eigenvalue weighted by atomic mass is 19.1. The lowest BCUT2D eigenvalue weighted by Gasteiger charge is -2.36. The number of hydrogen-bond donors (Lipinski definition) is 0. The monoisotopic (exact) mass is 326 g/mol. The van der Waals surface area contributed by atoms with E-state index in [4.69, 9.17) is 0 Å². The van der Waals surface area contributed by atoms with Gasteiger partial charge in [0.25, 0.3) is 0 Å². The molecular weight excluding hydrogens is 303 g/mol. The van der Waals surface area contributed by atoms with Crippen LogP contribution >= 0.6 is 0 Å². The highest BCUT2D eigenvalue weighted by Gasteiger charge is 2.28. The number of likely N-dealkylation sites (N-methyl/N-ethyl adjacent to an activating group) is 1. The molecule has 3 nitrogen and oxygen atoms in total. The van der Waals surface area contributed by atoms with E-state index in [-0.39, 0.29) is 24.3 Å². The second kappa shape index (κ2) is 7.14. The van der Waals surface area contributed by atoms with Crippen LogP contribution in [0.15, 0.2) is 48.5 Å². The Hall–Kier alpha value is -2.20. The summed E-state index contributed by atoms with van der Waals surface area (Å²) < 4.78 is 13.8. The average molecular weight is 326 g/mol. The van der Waals surface area contributed by atoms with Crippen molar-refractivity contribution in [2.24, 2.45) is 0 Å². The van der Waals surface area contributed by atoms with E-state index in [9.17, 15) is 9.18 Å². The van der Waals surface area contributed by atoms with Gasteiger partial charge < -0.3 is 4.90 Å². The van der Waals surface area contributed by atoms with Crippen LogP contribution in [0.1, 0.15) is 24.5 Å². The van der Waals surface area contributed by atoms with Gasteiger partial charge in [0.1, 0.15) is 5.82 Å². The van der Waals surface area contributed by atoms with Gasteiger partial charge in [0.2, 0.25) is 5.91 Å². The zero-order valence-electron chi connectivity index (χ0n) is 14.2. The van der Waals surface area contributed by atoms with Gasteiger partial charge in [-0.05, 0) is 44.5 Å². The van der Waals surface area contributed by atoms with Crippen LogP contribution in [0.5, 0.6) is 0 Å². The standard InChI is InChI=1S/C20H23FN2O/c1-15-11-12-16-7-4-6-10-19(16)23(15)20(24)14-22(2)13-17-8-3-5-9-18(17)21/h3-10,15H,11-14H2,1-2H3. The fourth-order valence-corrected chi connectivity index (χ4v) is 3.35. The number of halogens is 1. The molecule has 3 rings (SSSR count). The molecule has 126 valence electrons. The van der Waals surface area contributed by atoms with Gasteiger partial charge >= 0.3 is 0 Å². The van der Waals surface area contributed by atoms with Gasteiger partial charge in [-0.3, -0.25) is 9.69 Å². The molecule has 1 amide bonds. The normalized spacial score (nSPS) is 17.0. The van der Waals surface area contributed by atoms with Gasteiger partial charge in [-0.25, -0.2) is 4.39 Å². The summed E-state index contributed by atoms with van der Waals surface area (Å²) in [7, 11) is 1.85. The second-order valence-electron chi connectivity index (χ2n) is 6.54. The average Bonchev–Trinajstić information content (AvgIpc) is 2.56. The van der Waals surface area contributed by atoms with Crippen molar-refractivity contribution in [1.82, 2.24) is 4.90 Å². The van der Waals surface area contributed by atoms with E-state index in [1.807, 2.05) is 41.1 Å². The summed E-state index contributed by atoms with van der Waals surface area (Å²) in [5, 5.41) is 0. The Bertz CT molecular complexity index is 731. The van der Waals surface area contributed by atoms with Crippen molar-refractivity contribution < 1.29 is 9.18 Å². The van der Waals surface area contributed by atoms with Crippen molar-refractivity contribution in [2.45, 2.75) is 32.4 Å². The highest BCUT2D eigenvalue weighted by Crippen LogP contribution is 2.30. The molecule has 0 spiro atoms. The lowest BCUT2D eigenvalue weighted by atomic mass is 9.96. The minimum absolute atomic E-state index is 0.0634. The van der Waals surface area contributed by atoms with Gasteiger partial charge in [-0.15, -0.1) is 0 Å². The third-order valence-electron chi connectivity index (χ3n) is 4.60. The number of carbonyl (C=O) groups excluding carboxylic acids is 1. The summed E-state index contributed by atoms with van der Waals surface area (Å²) in [6.07, 6.45) is 1.98. The van der Waals surface area contributed by atoms with E-state index >= 15 is 0 Å². The first-order valence-electron chi connectivity index (χ1n) is 8.38. The van der Waals surface area contributed by atoms with Crippen LogP contribution in [0.25, 0.3) is 0 Å². The summed E-state index contributed by atoms with van der Waals surface area (Å²) in [6.45, 7) is 2.78. The van der Waals surface area contributed by atoms with E-state index in [0.717, 1.165) is 18.5 Å². The van der Waals surface area contributed by atoms with Gasteiger partial charge in [0.15, 0.2) is 0 Å². The highest BCUT2D eigenvalue weighted by molar-refractivity contribution is 5.96. The van der Waals surface area contributed by atoms with Crippen LogP contribution in [0, 0.1) is 5.82 Å². The van der Waals surface area contributed by atoms with Crippen LogP contribution in [0.4, 0.5) is 10.1 Å². The first-order valence-corrected chi connectivity index (χ1v) is 8.38. The predicted molar refractivity (Wildman–Crippen MR) is 94.4 cm³/mol. The molecular formula is C20H23FN2O. The molecule has 0 saturated heterocycles. The number of fused-ring (bicyclic) bond motifs is 1. The number of benzene rings is 2. The Kier molecular flexibility index (Phi) is 4.95. The van der Waals surface area contributed by atoms with Crippen LogP contribution in [-0.4, -0.2) is 30.4 Å². The van der Waals surface area contributed by atoms with Gasteiger partial charge in [0, 0.05) is 23.8 Å². The van der Waals surface area contributed by atoms with Gasteiger partial charge in [0.05, 0.1) is 6.54 Å². The fraction of sp³-hybridized carbons (Fsp3) is 0.350. The van der Waals surface area contributed by atoms with Crippen molar-refractivity contribution in [1.29, 1.82) is 0 Å². The number of carbonyl (C=O) groups is 1. The third kappa shape index (κ3) is 3.49. The smallest absolute Gasteiger partial charge is 0.241 e. The molecule has 0 saturated carbocycles. The van der Waals surface area contributed by atoms with E-state index in [1.54, 1.807) is 12.1 Å². The molecule has 0 aliphatic carbocycles. The van der Waals surface area contributed by atoms with Crippen LogP contribution in [0.3, 0.4) is 0 Å². The van der Waals surface area contributed by atoms with Crippen molar-refractivity contribution in [3.63, 3.8) is 0 Å². The topological polar surface area (TPSA) is 23.6 Å². The maximum Gasteiger partial charge on any atom is 0.241 e. The lowest BCUT2D eigenvalue weighted by Crippen LogP contribution is -2.46. The SMILES string of the molecule is CC1CCc2ccccc2N1C(=O)CN(C)Cc1ccccc1F. The molecule has 1 heterocycles. The molecule has 0 bridgehead atoms. The molecule has 0 aromatic heterocycles. The van der Waals surface area contributed by atoms with E-state index in [2.05, 4.69) is 13.0 Å². The Balaban J connectivity index is 1.71. The number of anilines is 1. The van der Waals surface area contributed by atoms with Gasteiger partial charge in [-0.1, -0.05) is 36.4 Å². The van der Waals surface area contributed by atoms with Crippen molar-refractivity contribution >= 4 is 11.6 Å². The lowest BCUT2D eigenvalue weighted by molar-refractivity contribution is -0.120. The summed E-state index contributed by atoms with van der Waals surface area (Å²) in [4.78, 5) is 16.6. The van der Waals surface area contributed by atoms with Crippen molar-refractivity contribution in [3.8, 4) is 0 Å². The first kappa shape index (κ1) is 16.7. The molecule has 4 heteroatoms. The summed E-state index contributed by atoms with van der Waals surface area (Å²) in [6, 6.07) is 15.0. The summed E-state index contributed by atoms with van der Waals surface area (Å²) in [5.74, 6) is -0.165. The number of amides is 1. The molecule has 2 aromatic carbocycles. The number of rotatable bonds is 4. The Morgan fingerprint density at radius 2 is 1.92 bits per heavy atom. The molecule has 0 N–H and O–H groups in total. The molecule has 0 fully saturated rings. The Labute approximate surface area is 142 Å². The molecule has 1 aliphatic rings. The largest absolute Gasteiger partial charge is 0.308 e. The van der Waals surface area contributed by atoms with E-state index in [1.165, 1.54) is 11.6 Å². The second-order valence-corrected chi connectivity index (χ2v) is 6.54. The molecule has 1 aliphatic heterocycles. The first-order chi connectivity index (χ1) is 11.6. The maximum atomic E-state index is 13.8. The minimum atomic E-state index is -0.228. The molecule has 1 unspecified atom stereocenters. The quantitative estimate of drug-likeness (QED) is 0.857. The van der Waals surface area contributed by atoms with Crippen LogP contribution < -0.4 is 4.90 Å². The number of hydrogen-bond acceptors (Lipinski definition) is 2. The number of aryl methyl sites for hydroxylation is 1. The summed E-state index contributed by atoms with van der Waals surface area (Å²) >= 11 is 0. The van der Waals surface area contributed by atoms with Gasteiger partial charge in [-0.2, -0.15) is 0 Å². The molecule has 1 atom stereocenters. The zero-order chi connectivity index (χ0) is 17.1. The number of para-hydroxylation sites is 1. The predicted octanol–water partition coefficient (Wildman–Crippen LogP) is 3.63. The maximum absolute atomic E-state index is 13.8. The van der Waals surface area contributed by atoms with E-state index < -0.39 is 0 Å². The third-order valence-corrected chi connectivity index (χ3v) is 4.60. The molecule has 0 radical (unpaired) electrons. The van der Waals surface area contributed by atoms with Crippen molar-refractivity contribution in [3.05, 3.63) is 65.5 Å². The van der Waals surface area contributed by atoms with Crippen molar-refractivity contribution in [2.75, 3.05) is 18.5 Å². The Morgan fingerprint density at radius 3 is 2.71 bits per heavy atom.